The van der Waals surface area contributed by atoms with Crippen LogP contribution in [0, 0.1) is 20.8 Å². The molecule has 0 aromatic carbocycles. The standard InChI is InChI=1S/C9H10/c1-5-4-6(2)9-7(3)8(5)9/h4H,1-3H3. The molecule has 2 rings (SSSR count). The summed E-state index contributed by atoms with van der Waals surface area (Å²) in [4.78, 5) is 0. The van der Waals surface area contributed by atoms with Crippen molar-refractivity contribution < 1.29 is 0 Å². The summed E-state index contributed by atoms with van der Waals surface area (Å²) in [6.07, 6.45) is 0. The molecule has 0 fully saturated rings. The number of hydrogen-bond acceptors (Lipinski definition) is 0. The molecule has 0 aromatic heterocycles. The van der Waals surface area contributed by atoms with Gasteiger partial charge in [0.1, 0.15) is 0 Å². The van der Waals surface area contributed by atoms with E-state index < -0.39 is 0 Å². The van der Waals surface area contributed by atoms with Crippen LogP contribution in [0.5, 0.6) is 0 Å². The first kappa shape index (κ1) is 5.04. The second-order valence-electron chi connectivity index (χ2n) is 2.89. The number of rotatable bonds is 0. The first-order valence-corrected chi connectivity index (χ1v) is 3.33. The molecule has 0 atom stereocenters. The van der Waals surface area contributed by atoms with E-state index in [1.54, 1.807) is 0 Å². The lowest BCUT2D eigenvalue weighted by Crippen LogP contribution is -1.60. The van der Waals surface area contributed by atoms with Crippen molar-refractivity contribution in [2.24, 2.45) is 0 Å². The molecule has 0 aliphatic heterocycles. The predicted octanol–water partition coefficient (Wildman–Crippen LogP) is 2.59. The Morgan fingerprint density at radius 3 is 1.56 bits per heavy atom. The van der Waals surface area contributed by atoms with Gasteiger partial charge in [-0.1, -0.05) is 6.07 Å². The molecule has 9 heavy (non-hydrogen) atoms. The van der Waals surface area contributed by atoms with E-state index in [1.807, 2.05) is 0 Å². The Morgan fingerprint density at radius 2 is 1.33 bits per heavy atom. The van der Waals surface area contributed by atoms with Crippen molar-refractivity contribution in [1.29, 1.82) is 0 Å². The molecule has 0 bridgehead atoms. The topological polar surface area (TPSA) is 0 Å². The molecule has 0 heterocycles. The largest absolute Gasteiger partial charge is 0.0551 e. The molecule has 0 amide bonds. The maximum absolute atomic E-state index is 2.26. The summed E-state index contributed by atoms with van der Waals surface area (Å²) in [5, 5.41) is 0. The number of aryl methyl sites for hydroxylation is 3. The van der Waals surface area contributed by atoms with Crippen molar-refractivity contribution in [3.63, 3.8) is 0 Å². The van der Waals surface area contributed by atoms with Crippen LogP contribution in [0.3, 0.4) is 0 Å². The van der Waals surface area contributed by atoms with Gasteiger partial charge in [0.25, 0.3) is 0 Å². The zero-order valence-corrected chi connectivity index (χ0v) is 6.08. The number of hydrogen-bond donors (Lipinski definition) is 0. The van der Waals surface area contributed by atoms with Crippen LogP contribution in [0.2, 0.25) is 0 Å². The van der Waals surface area contributed by atoms with E-state index in [-0.39, 0.29) is 0 Å². The minimum Gasteiger partial charge on any atom is -0.0551 e. The summed E-state index contributed by atoms with van der Waals surface area (Å²) in [7, 11) is 0. The van der Waals surface area contributed by atoms with Crippen molar-refractivity contribution in [2.75, 3.05) is 0 Å². The van der Waals surface area contributed by atoms with Crippen LogP contribution in [0.1, 0.15) is 16.7 Å². The highest BCUT2D eigenvalue weighted by molar-refractivity contribution is 5.94. The first-order chi connectivity index (χ1) is 4.22. The van der Waals surface area contributed by atoms with E-state index in [1.165, 1.54) is 27.8 Å². The maximum atomic E-state index is 2.26. The fourth-order valence-corrected chi connectivity index (χ4v) is 1.74. The average molecular weight is 118 g/mol. The maximum Gasteiger partial charge on any atom is -0.0113 e. The van der Waals surface area contributed by atoms with Gasteiger partial charge in [-0.2, -0.15) is 0 Å². The fraction of sp³-hybridized carbons (Fsp3) is 0.333. The van der Waals surface area contributed by atoms with E-state index in [2.05, 4.69) is 26.8 Å². The van der Waals surface area contributed by atoms with Crippen LogP contribution in [-0.2, 0) is 0 Å². The summed E-state index contributed by atoms with van der Waals surface area (Å²) in [6, 6.07) is 2.26. The summed E-state index contributed by atoms with van der Waals surface area (Å²) in [5.74, 6) is 0. The molecule has 2 aliphatic rings. The van der Waals surface area contributed by atoms with Crippen LogP contribution < -0.4 is 0 Å². The van der Waals surface area contributed by atoms with Gasteiger partial charge < -0.3 is 0 Å². The third-order valence-corrected chi connectivity index (χ3v) is 2.16. The Morgan fingerprint density at radius 1 is 0.889 bits per heavy atom. The van der Waals surface area contributed by atoms with E-state index >= 15 is 0 Å². The van der Waals surface area contributed by atoms with E-state index in [0.29, 0.717) is 0 Å². The average Bonchev–Trinajstić information content (AvgIpc) is 2.30. The molecular formula is C9H10. The van der Waals surface area contributed by atoms with Crippen LogP contribution >= 0.6 is 0 Å². The molecule has 0 saturated heterocycles. The summed E-state index contributed by atoms with van der Waals surface area (Å²) < 4.78 is 0. The van der Waals surface area contributed by atoms with Crippen molar-refractivity contribution in [2.45, 2.75) is 20.8 Å². The Labute approximate surface area is 55.5 Å². The van der Waals surface area contributed by atoms with Gasteiger partial charge >= 0.3 is 0 Å². The summed E-state index contributed by atoms with van der Waals surface area (Å²) in [5.41, 5.74) is 7.51. The smallest absolute Gasteiger partial charge is 0.0113 e. The Balaban J connectivity index is 2.71. The van der Waals surface area contributed by atoms with Crippen molar-refractivity contribution in [3.05, 3.63) is 22.8 Å². The third-order valence-electron chi connectivity index (χ3n) is 2.16. The van der Waals surface area contributed by atoms with Crippen molar-refractivity contribution in [1.82, 2.24) is 0 Å². The quantitative estimate of drug-likeness (QED) is 0.498. The molecule has 0 radical (unpaired) electrons. The van der Waals surface area contributed by atoms with Gasteiger partial charge in [0.2, 0.25) is 0 Å². The lowest BCUT2D eigenvalue weighted by Gasteiger charge is -1.79. The Kier molecular flexibility index (Phi) is 0.675. The molecule has 0 nitrogen and oxygen atoms in total. The van der Waals surface area contributed by atoms with Gasteiger partial charge in [0.05, 0.1) is 0 Å². The highest BCUT2D eigenvalue weighted by atomic mass is 14.3. The van der Waals surface area contributed by atoms with Crippen LogP contribution in [0.4, 0.5) is 0 Å². The minimum atomic E-state index is 1.46. The molecule has 46 valence electrons. The van der Waals surface area contributed by atoms with Gasteiger partial charge in [-0.15, -0.1) is 0 Å². The van der Waals surface area contributed by atoms with E-state index in [4.69, 9.17) is 0 Å². The van der Waals surface area contributed by atoms with Gasteiger partial charge in [-0.25, -0.2) is 0 Å². The molecule has 0 saturated carbocycles. The summed E-state index contributed by atoms with van der Waals surface area (Å²) in [6.45, 7) is 6.56. The van der Waals surface area contributed by atoms with Gasteiger partial charge in [-0.3, -0.25) is 0 Å². The highest BCUT2D eigenvalue weighted by Crippen LogP contribution is 2.47. The molecule has 0 heteroatoms. The summed E-state index contributed by atoms with van der Waals surface area (Å²) >= 11 is 0. The van der Waals surface area contributed by atoms with Crippen LogP contribution in [0.15, 0.2) is 6.07 Å². The normalized spacial score (nSPS) is 11.9. The molecule has 2 aliphatic carbocycles. The SMILES string of the molecule is Cc1cc(C)c2c(C)c1-2. The highest BCUT2D eigenvalue weighted by Gasteiger charge is 2.25. The van der Waals surface area contributed by atoms with Crippen molar-refractivity contribution in [3.8, 4) is 11.1 Å². The van der Waals surface area contributed by atoms with E-state index in [0.717, 1.165) is 0 Å². The van der Waals surface area contributed by atoms with Crippen molar-refractivity contribution >= 4 is 0 Å². The minimum absolute atomic E-state index is 1.46. The van der Waals surface area contributed by atoms with E-state index in [9.17, 15) is 0 Å². The number of benzene rings is 1. The Bertz CT molecular complexity index is 256. The van der Waals surface area contributed by atoms with Gasteiger partial charge in [0.15, 0.2) is 0 Å². The molecule has 0 N–H and O–H groups in total. The van der Waals surface area contributed by atoms with Crippen LogP contribution in [0.25, 0.3) is 11.1 Å². The zero-order valence-electron chi connectivity index (χ0n) is 6.08. The third kappa shape index (κ3) is 0.437. The van der Waals surface area contributed by atoms with Gasteiger partial charge in [-0.05, 0) is 48.6 Å². The lowest BCUT2D eigenvalue weighted by molar-refractivity contribution is 1.48. The Hall–Kier alpha value is -0.780. The number of fused-ring (bicyclic) bond motifs is 1. The van der Waals surface area contributed by atoms with Crippen LogP contribution in [-0.4, -0.2) is 0 Å². The van der Waals surface area contributed by atoms with Gasteiger partial charge in [0, 0.05) is 0 Å². The molecule has 0 spiro atoms. The second-order valence-corrected chi connectivity index (χ2v) is 2.89. The molecule has 0 aromatic rings. The zero-order chi connectivity index (χ0) is 6.59. The fourth-order valence-electron chi connectivity index (χ4n) is 1.74. The monoisotopic (exact) mass is 118 g/mol. The molecular weight excluding hydrogens is 108 g/mol. The second kappa shape index (κ2) is 1.21. The lowest BCUT2D eigenvalue weighted by atomic mass is 10.3. The first-order valence-electron chi connectivity index (χ1n) is 3.33. The molecule has 0 unspecified atom stereocenters. The predicted molar refractivity (Wildman–Crippen MR) is 39.6 cm³/mol.